The van der Waals surface area contributed by atoms with Crippen LogP contribution in [0.5, 0.6) is 11.5 Å². The quantitative estimate of drug-likeness (QED) is 0.789. The van der Waals surface area contributed by atoms with Gasteiger partial charge in [-0.2, -0.15) is 0 Å². The minimum absolute atomic E-state index is 0.0303. The molecule has 2 rings (SSSR count). The molecule has 0 aromatic heterocycles. The van der Waals surface area contributed by atoms with Crippen LogP contribution in [0.3, 0.4) is 0 Å². The van der Waals surface area contributed by atoms with Crippen LogP contribution < -0.4 is 14.8 Å². The molecule has 0 radical (unpaired) electrons. The highest BCUT2D eigenvalue weighted by atomic mass is 32.2. The lowest BCUT2D eigenvalue weighted by Gasteiger charge is -2.09. The van der Waals surface area contributed by atoms with Crippen molar-refractivity contribution in [1.82, 2.24) is 0 Å². The number of nitrogens with one attached hydrogen (secondary N) is 1. The fourth-order valence-corrected chi connectivity index (χ4v) is 2.31. The number of carbonyl (C=O) groups is 1. The van der Waals surface area contributed by atoms with Crippen LogP contribution in [-0.4, -0.2) is 25.4 Å². The summed E-state index contributed by atoms with van der Waals surface area (Å²) in [5, 5.41) is 2.82. The van der Waals surface area contributed by atoms with Crippen molar-refractivity contribution in [2.75, 3.05) is 24.8 Å². The van der Waals surface area contributed by atoms with Gasteiger partial charge >= 0.3 is 0 Å². The van der Waals surface area contributed by atoms with E-state index >= 15 is 0 Å². The lowest BCUT2D eigenvalue weighted by molar-refractivity contribution is -0.118. The number of rotatable bonds is 7. The second-order valence-electron chi connectivity index (χ2n) is 4.47. The molecule has 0 aliphatic rings. The zero-order valence-corrected chi connectivity index (χ0v) is 13.5. The van der Waals surface area contributed by atoms with Gasteiger partial charge in [0.1, 0.15) is 11.5 Å². The molecule has 22 heavy (non-hydrogen) atoms. The van der Waals surface area contributed by atoms with E-state index in [-0.39, 0.29) is 12.5 Å². The molecule has 2 aromatic rings. The van der Waals surface area contributed by atoms with Crippen LogP contribution in [0.15, 0.2) is 53.4 Å². The summed E-state index contributed by atoms with van der Waals surface area (Å²) >= 11 is 1.63. The molecule has 0 saturated heterocycles. The fourth-order valence-electron chi connectivity index (χ4n) is 1.85. The fraction of sp³-hybridized carbons (Fsp3) is 0.235. The first-order chi connectivity index (χ1) is 10.7. The van der Waals surface area contributed by atoms with Crippen molar-refractivity contribution >= 4 is 23.4 Å². The number of anilines is 1. The Morgan fingerprint density at radius 2 is 1.77 bits per heavy atom. The summed E-state index contributed by atoms with van der Waals surface area (Å²) in [5.74, 6) is 1.23. The zero-order valence-electron chi connectivity index (χ0n) is 12.7. The molecule has 4 nitrogen and oxygen atoms in total. The smallest absolute Gasteiger partial charge is 0.262 e. The SMILES string of the molecule is CCOc1ccc(OCC(=O)Nc2cccc(SC)c2)cc1. The van der Waals surface area contributed by atoms with Crippen LogP contribution in [-0.2, 0) is 4.79 Å². The maximum absolute atomic E-state index is 11.9. The van der Waals surface area contributed by atoms with Crippen LogP contribution in [0.25, 0.3) is 0 Å². The molecule has 0 fully saturated rings. The normalized spacial score (nSPS) is 10.1. The number of hydrogen-bond acceptors (Lipinski definition) is 4. The van der Waals surface area contributed by atoms with Crippen molar-refractivity contribution in [1.29, 1.82) is 0 Å². The van der Waals surface area contributed by atoms with E-state index in [0.717, 1.165) is 16.3 Å². The zero-order chi connectivity index (χ0) is 15.8. The second-order valence-corrected chi connectivity index (χ2v) is 5.35. The Morgan fingerprint density at radius 1 is 1.09 bits per heavy atom. The van der Waals surface area contributed by atoms with Crippen molar-refractivity contribution in [2.24, 2.45) is 0 Å². The first-order valence-electron chi connectivity index (χ1n) is 7.01. The van der Waals surface area contributed by atoms with Crippen LogP contribution in [0.2, 0.25) is 0 Å². The van der Waals surface area contributed by atoms with Crippen molar-refractivity contribution < 1.29 is 14.3 Å². The van der Waals surface area contributed by atoms with Crippen LogP contribution in [0, 0.1) is 0 Å². The first kappa shape index (κ1) is 16.2. The first-order valence-corrected chi connectivity index (χ1v) is 8.23. The summed E-state index contributed by atoms with van der Waals surface area (Å²) in [6.45, 7) is 2.52. The third-order valence-electron chi connectivity index (χ3n) is 2.86. The summed E-state index contributed by atoms with van der Waals surface area (Å²) in [6.07, 6.45) is 2.00. The van der Waals surface area contributed by atoms with Crippen LogP contribution in [0.4, 0.5) is 5.69 Å². The average molecular weight is 317 g/mol. The number of ether oxygens (including phenoxy) is 2. The maximum Gasteiger partial charge on any atom is 0.262 e. The summed E-state index contributed by atoms with van der Waals surface area (Å²) in [5.41, 5.74) is 0.771. The summed E-state index contributed by atoms with van der Waals surface area (Å²) in [6, 6.07) is 14.9. The Bertz CT molecular complexity index is 614. The van der Waals surface area contributed by atoms with E-state index in [2.05, 4.69) is 5.32 Å². The average Bonchev–Trinajstić information content (AvgIpc) is 2.55. The van der Waals surface area contributed by atoms with E-state index in [1.807, 2.05) is 49.6 Å². The number of thioether (sulfide) groups is 1. The van der Waals surface area contributed by atoms with Gasteiger partial charge in [-0.25, -0.2) is 0 Å². The van der Waals surface area contributed by atoms with E-state index in [0.29, 0.717) is 12.4 Å². The molecule has 0 saturated carbocycles. The third-order valence-corrected chi connectivity index (χ3v) is 3.58. The molecule has 0 bridgehead atoms. The molecular formula is C17H19NO3S. The third kappa shape index (κ3) is 5.00. The molecule has 1 amide bonds. The Labute approximate surface area is 134 Å². The topological polar surface area (TPSA) is 47.6 Å². The van der Waals surface area contributed by atoms with Gasteiger partial charge in [0.25, 0.3) is 5.91 Å². The lowest BCUT2D eigenvalue weighted by Crippen LogP contribution is -2.20. The predicted molar refractivity (Wildman–Crippen MR) is 90.0 cm³/mol. The lowest BCUT2D eigenvalue weighted by atomic mass is 10.3. The van der Waals surface area contributed by atoms with Crippen LogP contribution >= 0.6 is 11.8 Å². The van der Waals surface area contributed by atoms with Crippen molar-refractivity contribution in [3.63, 3.8) is 0 Å². The number of carbonyl (C=O) groups excluding carboxylic acids is 1. The minimum Gasteiger partial charge on any atom is -0.494 e. The Kier molecular flexibility index (Phi) is 6.15. The maximum atomic E-state index is 11.9. The minimum atomic E-state index is -0.188. The van der Waals surface area contributed by atoms with E-state index in [9.17, 15) is 4.79 Å². The van der Waals surface area contributed by atoms with Crippen LogP contribution in [0.1, 0.15) is 6.92 Å². The van der Waals surface area contributed by atoms with Crippen molar-refractivity contribution in [2.45, 2.75) is 11.8 Å². The number of hydrogen-bond donors (Lipinski definition) is 1. The standard InChI is InChI=1S/C17H19NO3S/c1-3-20-14-7-9-15(10-8-14)21-12-17(19)18-13-5-4-6-16(11-13)22-2/h4-11H,3,12H2,1-2H3,(H,18,19). The molecule has 0 unspecified atom stereocenters. The molecule has 0 atom stereocenters. The largest absolute Gasteiger partial charge is 0.494 e. The van der Waals surface area contributed by atoms with Gasteiger partial charge in [-0.15, -0.1) is 11.8 Å². The van der Waals surface area contributed by atoms with Gasteiger partial charge in [-0.05, 0) is 55.6 Å². The molecule has 0 aliphatic heterocycles. The van der Waals surface area contributed by atoms with Crippen molar-refractivity contribution in [3.05, 3.63) is 48.5 Å². The van der Waals surface area contributed by atoms with Gasteiger partial charge in [0.15, 0.2) is 6.61 Å². The highest BCUT2D eigenvalue weighted by Gasteiger charge is 2.04. The van der Waals surface area contributed by atoms with Gasteiger partial charge in [-0.1, -0.05) is 6.07 Å². The van der Waals surface area contributed by atoms with E-state index in [1.165, 1.54) is 0 Å². The number of amides is 1. The molecule has 1 N–H and O–H groups in total. The van der Waals surface area contributed by atoms with Gasteiger partial charge in [0, 0.05) is 10.6 Å². The van der Waals surface area contributed by atoms with Gasteiger partial charge in [-0.3, -0.25) is 4.79 Å². The number of benzene rings is 2. The molecule has 2 aromatic carbocycles. The monoisotopic (exact) mass is 317 g/mol. The highest BCUT2D eigenvalue weighted by molar-refractivity contribution is 7.98. The Morgan fingerprint density at radius 3 is 2.41 bits per heavy atom. The molecule has 5 heteroatoms. The second kappa shape index (κ2) is 8.34. The molecule has 0 heterocycles. The molecule has 0 aliphatic carbocycles. The molecule has 116 valence electrons. The molecular weight excluding hydrogens is 298 g/mol. The van der Waals surface area contributed by atoms with E-state index < -0.39 is 0 Å². The van der Waals surface area contributed by atoms with E-state index in [1.54, 1.807) is 23.9 Å². The van der Waals surface area contributed by atoms with Gasteiger partial charge < -0.3 is 14.8 Å². The highest BCUT2D eigenvalue weighted by Crippen LogP contribution is 2.19. The van der Waals surface area contributed by atoms with E-state index in [4.69, 9.17) is 9.47 Å². The van der Waals surface area contributed by atoms with Gasteiger partial charge in [0.05, 0.1) is 6.61 Å². The Balaban J connectivity index is 1.84. The molecule has 0 spiro atoms. The predicted octanol–water partition coefficient (Wildman–Crippen LogP) is 3.82. The summed E-state index contributed by atoms with van der Waals surface area (Å²) < 4.78 is 10.8. The van der Waals surface area contributed by atoms with Crippen molar-refractivity contribution in [3.8, 4) is 11.5 Å². The summed E-state index contributed by atoms with van der Waals surface area (Å²) in [4.78, 5) is 13.0. The van der Waals surface area contributed by atoms with Gasteiger partial charge in [0.2, 0.25) is 0 Å². The Hall–Kier alpha value is -2.14. The summed E-state index contributed by atoms with van der Waals surface area (Å²) in [7, 11) is 0.